The molecule has 2 unspecified atom stereocenters. The average molecular weight is 269 g/mol. The van der Waals surface area contributed by atoms with E-state index in [9.17, 15) is 0 Å². The van der Waals surface area contributed by atoms with Gasteiger partial charge >= 0.3 is 0 Å². The fourth-order valence-corrected chi connectivity index (χ4v) is 2.73. The number of benzene rings is 1. The lowest BCUT2D eigenvalue weighted by Crippen LogP contribution is -2.32. The van der Waals surface area contributed by atoms with E-state index in [4.69, 9.17) is 5.73 Å². The van der Waals surface area contributed by atoms with Crippen LogP contribution in [0.25, 0.3) is 0 Å². The zero-order valence-electron chi connectivity index (χ0n) is 8.99. The van der Waals surface area contributed by atoms with Crippen LogP contribution in [0.5, 0.6) is 0 Å². The summed E-state index contributed by atoms with van der Waals surface area (Å²) < 4.78 is 1.14. The zero-order valence-corrected chi connectivity index (χ0v) is 10.6. The lowest BCUT2D eigenvalue weighted by Gasteiger charge is -2.26. The van der Waals surface area contributed by atoms with E-state index < -0.39 is 0 Å². The molecule has 82 valence electrons. The molecule has 1 aliphatic heterocycles. The Kier molecular flexibility index (Phi) is 3.32. The van der Waals surface area contributed by atoms with Crippen molar-refractivity contribution in [2.24, 2.45) is 11.7 Å². The summed E-state index contributed by atoms with van der Waals surface area (Å²) >= 11 is 3.51. The maximum absolute atomic E-state index is 5.76. The molecule has 2 atom stereocenters. The van der Waals surface area contributed by atoms with Crippen LogP contribution in [0.1, 0.15) is 13.3 Å². The van der Waals surface area contributed by atoms with E-state index in [2.05, 4.69) is 52.0 Å². The van der Waals surface area contributed by atoms with Crippen molar-refractivity contribution in [3.05, 3.63) is 28.7 Å². The van der Waals surface area contributed by atoms with Gasteiger partial charge in [0.05, 0.1) is 0 Å². The van der Waals surface area contributed by atoms with Gasteiger partial charge in [0.15, 0.2) is 0 Å². The topological polar surface area (TPSA) is 29.3 Å². The summed E-state index contributed by atoms with van der Waals surface area (Å²) in [5.41, 5.74) is 7.06. The van der Waals surface area contributed by atoms with E-state index in [-0.39, 0.29) is 0 Å². The first-order valence-corrected chi connectivity index (χ1v) is 6.24. The van der Waals surface area contributed by atoms with Gasteiger partial charge < -0.3 is 10.6 Å². The molecule has 2 rings (SSSR count). The van der Waals surface area contributed by atoms with Gasteiger partial charge in [-0.25, -0.2) is 0 Å². The summed E-state index contributed by atoms with van der Waals surface area (Å²) in [5, 5.41) is 0. The molecular formula is C12H17BrN2. The van der Waals surface area contributed by atoms with Gasteiger partial charge in [-0.15, -0.1) is 0 Å². The zero-order chi connectivity index (χ0) is 10.8. The molecule has 0 bridgehead atoms. The number of nitrogens with two attached hydrogens (primary N) is 1. The molecule has 15 heavy (non-hydrogen) atoms. The summed E-state index contributed by atoms with van der Waals surface area (Å²) in [7, 11) is 0. The number of rotatable bonds is 2. The summed E-state index contributed by atoms with van der Waals surface area (Å²) in [4.78, 5) is 2.45. The van der Waals surface area contributed by atoms with E-state index in [1.807, 2.05) is 0 Å². The van der Waals surface area contributed by atoms with Crippen LogP contribution in [-0.2, 0) is 0 Å². The largest absolute Gasteiger partial charge is 0.368 e. The Morgan fingerprint density at radius 3 is 2.93 bits per heavy atom. The van der Waals surface area contributed by atoms with Gasteiger partial charge in [-0.3, -0.25) is 0 Å². The van der Waals surface area contributed by atoms with Crippen LogP contribution in [0.3, 0.4) is 0 Å². The van der Waals surface area contributed by atoms with Gasteiger partial charge in [-0.1, -0.05) is 22.0 Å². The molecule has 1 aromatic carbocycles. The van der Waals surface area contributed by atoms with Crippen LogP contribution in [0.2, 0.25) is 0 Å². The van der Waals surface area contributed by atoms with Gasteiger partial charge in [-0.05, 0) is 44.0 Å². The monoisotopic (exact) mass is 268 g/mol. The summed E-state index contributed by atoms with van der Waals surface area (Å²) in [6.07, 6.45) is 1.21. The van der Waals surface area contributed by atoms with Crippen molar-refractivity contribution >= 4 is 21.6 Å². The fraction of sp³-hybridized carbons (Fsp3) is 0.500. The minimum Gasteiger partial charge on any atom is -0.368 e. The van der Waals surface area contributed by atoms with Gasteiger partial charge in [0.25, 0.3) is 0 Å². The lowest BCUT2D eigenvalue weighted by molar-refractivity contribution is 0.508. The van der Waals surface area contributed by atoms with E-state index in [1.54, 1.807) is 0 Å². The Labute approximate surface area is 99.6 Å². The van der Waals surface area contributed by atoms with Crippen LogP contribution in [0, 0.1) is 5.92 Å². The van der Waals surface area contributed by atoms with Gasteiger partial charge in [0, 0.05) is 22.7 Å². The number of halogens is 1. The van der Waals surface area contributed by atoms with Crippen molar-refractivity contribution in [3.63, 3.8) is 0 Å². The molecule has 2 nitrogen and oxygen atoms in total. The molecule has 0 aliphatic carbocycles. The highest BCUT2D eigenvalue weighted by Crippen LogP contribution is 2.30. The maximum atomic E-state index is 5.76. The van der Waals surface area contributed by atoms with Crippen molar-refractivity contribution in [1.29, 1.82) is 0 Å². The molecule has 0 radical (unpaired) electrons. The van der Waals surface area contributed by atoms with Crippen molar-refractivity contribution in [3.8, 4) is 0 Å². The molecule has 1 aromatic rings. The van der Waals surface area contributed by atoms with E-state index in [0.717, 1.165) is 17.6 Å². The predicted octanol–water partition coefficient (Wildman–Crippen LogP) is 2.62. The van der Waals surface area contributed by atoms with Gasteiger partial charge in [0.2, 0.25) is 0 Å². The molecule has 1 heterocycles. The predicted molar refractivity (Wildman–Crippen MR) is 68.1 cm³/mol. The third kappa shape index (κ3) is 2.18. The number of nitrogens with zero attached hydrogens (tertiary/aromatic N) is 1. The summed E-state index contributed by atoms with van der Waals surface area (Å²) in [6, 6.07) is 9.05. The van der Waals surface area contributed by atoms with E-state index >= 15 is 0 Å². The Morgan fingerprint density at radius 1 is 1.53 bits per heavy atom. The van der Waals surface area contributed by atoms with Crippen molar-refractivity contribution < 1.29 is 0 Å². The molecule has 0 aromatic heterocycles. The van der Waals surface area contributed by atoms with Crippen LogP contribution < -0.4 is 10.6 Å². The van der Waals surface area contributed by atoms with Gasteiger partial charge in [-0.2, -0.15) is 0 Å². The third-order valence-electron chi connectivity index (χ3n) is 3.36. The molecule has 1 fully saturated rings. The second-order valence-corrected chi connectivity index (χ2v) is 5.11. The van der Waals surface area contributed by atoms with E-state index in [1.165, 1.54) is 12.1 Å². The molecular weight excluding hydrogens is 252 g/mol. The minimum absolute atomic E-state index is 0.560. The number of hydrogen-bond acceptors (Lipinski definition) is 2. The Balaban J connectivity index is 2.18. The smallest absolute Gasteiger partial charge is 0.0380 e. The first-order chi connectivity index (χ1) is 7.22. The SMILES string of the molecule is CC1C(CN)CCN1c1cccc(Br)c1. The van der Waals surface area contributed by atoms with Crippen molar-refractivity contribution in [2.75, 3.05) is 18.0 Å². The normalized spacial score (nSPS) is 25.9. The minimum atomic E-state index is 0.560. The summed E-state index contributed by atoms with van der Waals surface area (Å²) in [6.45, 7) is 4.19. The molecule has 3 heteroatoms. The molecule has 0 saturated carbocycles. The van der Waals surface area contributed by atoms with Crippen LogP contribution >= 0.6 is 15.9 Å². The molecule has 0 amide bonds. The molecule has 2 N–H and O–H groups in total. The van der Waals surface area contributed by atoms with Crippen LogP contribution in [0.15, 0.2) is 28.7 Å². The molecule has 1 saturated heterocycles. The molecule has 0 spiro atoms. The van der Waals surface area contributed by atoms with E-state index in [0.29, 0.717) is 12.0 Å². The second kappa shape index (κ2) is 4.54. The van der Waals surface area contributed by atoms with Crippen LogP contribution in [-0.4, -0.2) is 19.1 Å². The highest BCUT2D eigenvalue weighted by atomic mass is 79.9. The number of hydrogen-bond donors (Lipinski definition) is 1. The highest BCUT2D eigenvalue weighted by molar-refractivity contribution is 9.10. The summed E-state index contributed by atoms with van der Waals surface area (Å²) in [5.74, 6) is 0.643. The third-order valence-corrected chi connectivity index (χ3v) is 3.85. The Morgan fingerprint density at radius 2 is 2.33 bits per heavy atom. The van der Waals surface area contributed by atoms with Gasteiger partial charge in [0.1, 0.15) is 0 Å². The average Bonchev–Trinajstić information content (AvgIpc) is 2.59. The van der Waals surface area contributed by atoms with Crippen LogP contribution in [0.4, 0.5) is 5.69 Å². The standard InChI is InChI=1S/C12H17BrN2/c1-9-10(8-14)5-6-15(9)12-4-2-3-11(13)7-12/h2-4,7,9-10H,5-6,8,14H2,1H3. The maximum Gasteiger partial charge on any atom is 0.0380 e. The molecule has 1 aliphatic rings. The Bertz CT molecular complexity index is 340. The quantitative estimate of drug-likeness (QED) is 0.894. The first kappa shape index (κ1) is 11.0. The first-order valence-electron chi connectivity index (χ1n) is 5.44. The lowest BCUT2D eigenvalue weighted by atomic mass is 10.0. The number of anilines is 1. The van der Waals surface area contributed by atoms with Crippen molar-refractivity contribution in [2.45, 2.75) is 19.4 Å². The highest BCUT2D eigenvalue weighted by Gasteiger charge is 2.29. The fourth-order valence-electron chi connectivity index (χ4n) is 2.34. The van der Waals surface area contributed by atoms with Crippen molar-refractivity contribution in [1.82, 2.24) is 0 Å². The second-order valence-electron chi connectivity index (χ2n) is 4.20. The Hall–Kier alpha value is -0.540.